The quantitative estimate of drug-likeness (QED) is 0.906. The van der Waals surface area contributed by atoms with E-state index in [1.807, 2.05) is 31.4 Å². The van der Waals surface area contributed by atoms with Crippen LogP contribution in [0.4, 0.5) is 4.39 Å². The van der Waals surface area contributed by atoms with Crippen LogP contribution in [-0.4, -0.2) is 15.6 Å². The standard InChI is InChI=1S/C14H18FN3/c1-9(16)14(12-6-4-5-7-13(12)15)18-8-17-10(2)11(18)3/h4-9,14H,16H2,1-3H3. The molecule has 1 aromatic heterocycles. The van der Waals surface area contributed by atoms with Crippen molar-refractivity contribution in [2.24, 2.45) is 5.73 Å². The first-order valence-corrected chi connectivity index (χ1v) is 6.02. The molecule has 18 heavy (non-hydrogen) atoms. The van der Waals surface area contributed by atoms with E-state index in [0.717, 1.165) is 11.4 Å². The van der Waals surface area contributed by atoms with Crippen LogP contribution in [0.2, 0.25) is 0 Å². The Bertz CT molecular complexity index is 546. The van der Waals surface area contributed by atoms with E-state index >= 15 is 0 Å². The summed E-state index contributed by atoms with van der Waals surface area (Å²) < 4.78 is 15.9. The molecule has 4 heteroatoms. The number of aromatic nitrogens is 2. The van der Waals surface area contributed by atoms with Crippen molar-refractivity contribution in [3.63, 3.8) is 0 Å². The summed E-state index contributed by atoms with van der Waals surface area (Å²) in [6.45, 7) is 5.79. The second-order valence-electron chi connectivity index (χ2n) is 4.65. The van der Waals surface area contributed by atoms with Crippen molar-refractivity contribution in [2.75, 3.05) is 0 Å². The predicted molar refractivity (Wildman–Crippen MR) is 69.9 cm³/mol. The van der Waals surface area contributed by atoms with E-state index in [0.29, 0.717) is 5.56 Å². The average molecular weight is 247 g/mol. The molecule has 0 saturated carbocycles. The van der Waals surface area contributed by atoms with Gasteiger partial charge in [-0.15, -0.1) is 0 Å². The normalized spacial score (nSPS) is 14.5. The summed E-state index contributed by atoms with van der Waals surface area (Å²) in [5.41, 5.74) is 8.59. The van der Waals surface area contributed by atoms with Crippen molar-refractivity contribution in [1.82, 2.24) is 9.55 Å². The summed E-state index contributed by atoms with van der Waals surface area (Å²) in [5.74, 6) is -0.231. The third kappa shape index (κ3) is 2.16. The van der Waals surface area contributed by atoms with Crippen LogP contribution in [0.3, 0.4) is 0 Å². The van der Waals surface area contributed by atoms with Gasteiger partial charge in [0, 0.05) is 17.3 Å². The lowest BCUT2D eigenvalue weighted by Crippen LogP contribution is -2.31. The highest BCUT2D eigenvalue weighted by molar-refractivity contribution is 5.25. The van der Waals surface area contributed by atoms with Crippen molar-refractivity contribution in [3.8, 4) is 0 Å². The van der Waals surface area contributed by atoms with Crippen LogP contribution < -0.4 is 5.73 Å². The third-order valence-corrected chi connectivity index (χ3v) is 3.31. The number of benzene rings is 1. The van der Waals surface area contributed by atoms with E-state index in [1.165, 1.54) is 6.07 Å². The van der Waals surface area contributed by atoms with Crippen molar-refractivity contribution in [3.05, 3.63) is 53.4 Å². The molecule has 0 aliphatic carbocycles. The zero-order valence-corrected chi connectivity index (χ0v) is 10.9. The summed E-state index contributed by atoms with van der Waals surface area (Å²) in [6, 6.07) is 6.32. The number of hydrogen-bond acceptors (Lipinski definition) is 2. The Morgan fingerprint density at radius 1 is 1.28 bits per heavy atom. The van der Waals surface area contributed by atoms with E-state index < -0.39 is 0 Å². The molecule has 2 N–H and O–H groups in total. The number of aryl methyl sites for hydroxylation is 1. The maximum atomic E-state index is 13.9. The zero-order valence-electron chi connectivity index (χ0n) is 10.9. The van der Waals surface area contributed by atoms with Crippen molar-refractivity contribution < 1.29 is 4.39 Å². The summed E-state index contributed by atoms with van der Waals surface area (Å²) >= 11 is 0. The number of hydrogen-bond donors (Lipinski definition) is 1. The first kappa shape index (κ1) is 12.8. The van der Waals surface area contributed by atoms with Crippen LogP contribution in [0.25, 0.3) is 0 Å². The highest BCUT2D eigenvalue weighted by Crippen LogP contribution is 2.25. The lowest BCUT2D eigenvalue weighted by molar-refractivity contribution is 0.462. The molecule has 0 radical (unpaired) electrons. The molecule has 96 valence electrons. The smallest absolute Gasteiger partial charge is 0.128 e. The molecule has 1 aromatic carbocycles. The van der Waals surface area contributed by atoms with Crippen LogP contribution in [0, 0.1) is 19.7 Å². The van der Waals surface area contributed by atoms with Gasteiger partial charge in [0.1, 0.15) is 5.82 Å². The summed E-state index contributed by atoms with van der Waals surface area (Å²) in [7, 11) is 0. The van der Waals surface area contributed by atoms with Gasteiger partial charge < -0.3 is 10.3 Å². The molecule has 0 saturated heterocycles. The minimum absolute atomic E-state index is 0.200. The summed E-state index contributed by atoms with van der Waals surface area (Å²) in [6.07, 6.45) is 1.73. The van der Waals surface area contributed by atoms with Crippen molar-refractivity contribution in [2.45, 2.75) is 32.9 Å². The van der Waals surface area contributed by atoms with E-state index in [2.05, 4.69) is 4.98 Å². The second-order valence-corrected chi connectivity index (χ2v) is 4.65. The van der Waals surface area contributed by atoms with Gasteiger partial charge in [-0.1, -0.05) is 18.2 Å². The third-order valence-electron chi connectivity index (χ3n) is 3.31. The highest BCUT2D eigenvalue weighted by atomic mass is 19.1. The first-order chi connectivity index (χ1) is 8.52. The Balaban J connectivity index is 2.54. The first-order valence-electron chi connectivity index (χ1n) is 6.02. The van der Waals surface area contributed by atoms with Gasteiger partial charge in [0.2, 0.25) is 0 Å². The second kappa shape index (κ2) is 4.90. The maximum Gasteiger partial charge on any atom is 0.128 e. The Labute approximate surface area is 106 Å². The van der Waals surface area contributed by atoms with Crippen LogP contribution >= 0.6 is 0 Å². The fourth-order valence-corrected chi connectivity index (χ4v) is 2.20. The topological polar surface area (TPSA) is 43.8 Å². The molecule has 0 amide bonds. The van der Waals surface area contributed by atoms with Gasteiger partial charge >= 0.3 is 0 Å². The monoisotopic (exact) mass is 247 g/mol. The largest absolute Gasteiger partial charge is 0.326 e. The van der Waals surface area contributed by atoms with Gasteiger partial charge in [-0.3, -0.25) is 0 Å². The number of rotatable bonds is 3. The Hall–Kier alpha value is -1.68. The molecule has 1 heterocycles. The number of nitrogens with zero attached hydrogens (tertiary/aromatic N) is 2. The molecule has 0 spiro atoms. The molecule has 3 nitrogen and oxygen atoms in total. The van der Waals surface area contributed by atoms with Gasteiger partial charge in [0.25, 0.3) is 0 Å². The van der Waals surface area contributed by atoms with Gasteiger partial charge in [-0.05, 0) is 26.8 Å². The van der Waals surface area contributed by atoms with E-state index in [-0.39, 0.29) is 17.9 Å². The Kier molecular flexibility index (Phi) is 3.48. The van der Waals surface area contributed by atoms with Gasteiger partial charge in [0.05, 0.1) is 18.1 Å². The molecular weight excluding hydrogens is 229 g/mol. The van der Waals surface area contributed by atoms with Gasteiger partial charge in [-0.2, -0.15) is 0 Å². The number of nitrogens with two attached hydrogens (primary N) is 1. The molecule has 2 rings (SSSR count). The molecule has 0 aliphatic heterocycles. The zero-order chi connectivity index (χ0) is 13.3. The van der Waals surface area contributed by atoms with Crippen LogP contribution in [0.5, 0.6) is 0 Å². The lowest BCUT2D eigenvalue weighted by Gasteiger charge is -2.24. The molecule has 0 fully saturated rings. The molecule has 2 unspecified atom stereocenters. The Morgan fingerprint density at radius 3 is 2.44 bits per heavy atom. The lowest BCUT2D eigenvalue weighted by atomic mass is 10.00. The minimum Gasteiger partial charge on any atom is -0.326 e. The van der Waals surface area contributed by atoms with Gasteiger partial charge in [0.15, 0.2) is 0 Å². The van der Waals surface area contributed by atoms with Crippen molar-refractivity contribution in [1.29, 1.82) is 0 Å². The molecule has 0 bridgehead atoms. The van der Waals surface area contributed by atoms with Crippen LogP contribution in [-0.2, 0) is 0 Å². The minimum atomic E-state index is -0.231. The molecule has 2 aromatic rings. The maximum absolute atomic E-state index is 13.9. The summed E-state index contributed by atoms with van der Waals surface area (Å²) in [5, 5.41) is 0. The molecule has 0 aliphatic rings. The van der Waals surface area contributed by atoms with Crippen molar-refractivity contribution >= 4 is 0 Å². The van der Waals surface area contributed by atoms with Crippen LogP contribution in [0.15, 0.2) is 30.6 Å². The number of halogens is 1. The SMILES string of the molecule is Cc1ncn(C(c2ccccc2F)C(C)N)c1C. The van der Waals surface area contributed by atoms with E-state index in [1.54, 1.807) is 18.5 Å². The number of imidazole rings is 1. The fraction of sp³-hybridized carbons (Fsp3) is 0.357. The molecule has 2 atom stereocenters. The molecular formula is C14H18FN3. The fourth-order valence-electron chi connectivity index (χ4n) is 2.20. The highest BCUT2D eigenvalue weighted by Gasteiger charge is 2.23. The predicted octanol–water partition coefficient (Wildman–Crippen LogP) is 2.58. The van der Waals surface area contributed by atoms with Gasteiger partial charge in [-0.25, -0.2) is 9.37 Å². The Morgan fingerprint density at radius 2 is 1.94 bits per heavy atom. The van der Waals surface area contributed by atoms with E-state index in [4.69, 9.17) is 5.73 Å². The van der Waals surface area contributed by atoms with Crippen LogP contribution in [0.1, 0.15) is 29.9 Å². The summed E-state index contributed by atoms with van der Waals surface area (Å²) in [4.78, 5) is 4.26. The van der Waals surface area contributed by atoms with E-state index in [9.17, 15) is 4.39 Å². The average Bonchev–Trinajstić information content (AvgIpc) is 2.64.